The maximum absolute atomic E-state index is 3.69. The highest BCUT2D eigenvalue weighted by atomic mass is 79.9. The average Bonchev–Trinajstić information content (AvgIpc) is 2.53. The molecule has 0 atom stereocenters. The molecule has 2 heteroatoms. The predicted octanol–water partition coefficient (Wildman–Crippen LogP) is 5.90. The van der Waals surface area contributed by atoms with E-state index in [2.05, 4.69) is 76.7 Å². The Hall–Kier alpha value is -1.28. The van der Waals surface area contributed by atoms with E-state index in [-0.39, 0.29) is 0 Å². The second-order valence-electron chi connectivity index (χ2n) is 6.07. The maximum atomic E-state index is 3.69. The molecule has 110 valence electrons. The van der Waals surface area contributed by atoms with E-state index < -0.39 is 0 Å². The van der Waals surface area contributed by atoms with E-state index in [9.17, 15) is 0 Å². The van der Waals surface area contributed by atoms with E-state index in [1.165, 1.54) is 47.0 Å². The van der Waals surface area contributed by atoms with Gasteiger partial charge in [0.2, 0.25) is 0 Å². The van der Waals surface area contributed by atoms with Crippen molar-refractivity contribution in [3.8, 4) is 0 Å². The molecule has 2 aromatic carbocycles. The van der Waals surface area contributed by atoms with Crippen molar-refractivity contribution in [2.45, 2.75) is 44.6 Å². The van der Waals surface area contributed by atoms with E-state index in [4.69, 9.17) is 0 Å². The lowest BCUT2D eigenvalue weighted by Gasteiger charge is -2.30. The van der Waals surface area contributed by atoms with Gasteiger partial charge in [-0.25, -0.2) is 0 Å². The van der Waals surface area contributed by atoms with Crippen molar-refractivity contribution in [3.05, 3.63) is 64.1 Å². The van der Waals surface area contributed by atoms with E-state index in [1.807, 2.05) is 0 Å². The highest BCUT2D eigenvalue weighted by molar-refractivity contribution is 9.10. The Morgan fingerprint density at radius 2 is 1.67 bits per heavy atom. The molecule has 0 aromatic heterocycles. The van der Waals surface area contributed by atoms with Crippen molar-refractivity contribution in [1.82, 2.24) is 0 Å². The Morgan fingerprint density at radius 3 is 2.33 bits per heavy atom. The van der Waals surface area contributed by atoms with Crippen LogP contribution in [0.25, 0.3) is 0 Å². The molecule has 1 fully saturated rings. The summed E-state index contributed by atoms with van der Waals surface area (Å²) in [5.74, 6) is 0.744. The third-order valence-corrected chi connectivity index (χ3v) is 5.40. The smallest absolute Gasteiger partial charge is 0.0353 e. The third-order valence-electron chi connectivity index (χ3n) is 4.54. The molecule has 0 aliphatic heterocycles. The molecule has 0 spiro atoms. The SMILES string of the molecule is Cc1ccc(NC2CCC(c3ccccc3)CC2)cc1Br. The van der Waals surface area contributed by atoms with Crippen molar-refractivity contribution in [2.24, 2.45) is 0 Å². The zero-order valence-corrected chi connectivity index (χ0v) is 14.1. The molecule has 21 heavy (non-hydrogen) atoms. The summed E-state index contributed by atoms with van der Waals surface area (Å²) in [4.78, 5) is 0. The zero-order chi connectivity index (χ0) is 14.7. The summed E-state index contributed by atoms with van der Waals surface area (Å²) < 4.78 is 1.19. The Bertz CT molecular complexity index is 586. The fourth-order valence-electron chi connectivity index (χ4n) is 3.21. The summed E-state index contributed by atoms with van der Waals surface area (Å²) in [6.45, 7) is 2.12. The highest BCUT2D eigenvalue weighted by Crippen LogP contribution is 2.34. The van der Waals surface area contributed by atoms with Gasteiger partial charge in [-0.1, -0.05) is 52.3 Å². The first kappa shape index (κ1) is 14.6. The summed E-state index contributed by atoms with van der Waals surface area (Å²) >= 11 is 3.61. The van der Waals surface area contributed by atoms with Crippen molar-refractivity contribution < 1.29 is 0 Å². The van der Waals surface area contributed by atoms with Gasteiger partial charge in [0.15, 0.2) is 0 Å². The number of anilines is 1. The molecular formula is C19H22BrN. The van der Waals surface area contributed by atoms with E-state index in [0.717, 1.165) is 5.92 Å². The average molecular weight is 344 g/mol. The van der Waals surface area contributed by atoms with Crippen LogP contribution in [-0.2, 0) is 0 Å². The van der Waals surface area contributed by atoms with Gasteiger partial charge in [0.1, 0.15) is 0 Å². The van der Waals surface area contributed by atoms with Gasteiger partial charge >= 0.3 is 0 Å². The van der Waals surface area contributed by atoms with Gasteiger partial charge in [-0.2, -0.15) is 0 Å². The monoisotopic (exact) mass is 343 g/mol. The Kier molecular flexibility index (Phi) is 4.64. The lowest BCUT2D eigenvalue weighted by Crippen LogP contribution is -2.25. The summed E-state index contributed by atoms with van der Waals surface area (Å²) in [5, 5.41) is 3.69. The number of hydrogen-bond donors (Lipinski definition) is 1. The fourth-order valence-corrected chi connectivity index (χ4v) is 3.59. The molecule has 0 unspecified atom stereocenters. The van der Waals surface area contributed by atoms with Crippen LogP contribution >= 0.6 is 15.9 Å². The number of aryl methyl sites for hydroxylation is 1. The fraction of sp³-hybridized carbons (Fsp3) is 0.368. The normalized spacial score (nSPS) is 22.0. The van der Waals surface area contributed by atoms with Gasteiger partial charge in [0.25, 0.3) is 0 Å². The van der Waals surface area contributed by atoms with Gasteiger partial charge in [-0.05, 0) is 61.8 Å². The van der Waals surface area contributed by atoms with Crippen LogP contribution < -0.4 is 5.32 Å². The van der Waals surface area contributed by atoms with E-state index >= 15 is 0 Å². The predicted molar refractivity (Wildman–Crippen MR) is 93.9 cm³/mol. The Morgan fingerprint density at radius 1 is 0.952 bits per heavy atom. The van der Waals surface area contributed by atoms with Crippen LogP contribution in [0.3, 0.4) is 0 Å². The standard InChI is InChI=1S/C19H22BrN/c1-14-7-10-18(13-19(14)20)21-17-11-8-16(9-12-17)15-5-3-2-4-6-15/h2-7,10,13,16-17,21H,8-9,11-12H2,1H3. The van der Waals surface area contributed by atoms with Crippen molar-refractivity contribution in [3.63, 3.8) is 0 Å². The van der Waals surface area contributed by atoms with Gasteiger partial charge in [-0.15, -0.1) is 0 Å². The number of benzene rings is 2. The molecular weight excluding hydrogens is 322 g/mol. The minimum atomic E-state index is 0.611. The molecule has 1 nitrogen and oxygen atoms in total. The van der Waals surface area contributed by atoms with Crippen LogP contribution in [0, 0.1) is 6.92 Å². The van der Waals surface area contributed by atoms with Crippen molar-refractivity contribution in [1.29, 1.82) is 0 Å². The molecule has 2 aromatic rings. The third kappa shape index (κ3) is 3.68. The molecule has 1 saturated carbocycles. The summed E-state index contributed by atoms with van der Waals surface area (Å²) in [7, 11) is 0. The molecule has 1 N–H and O–H groups in total. The second-order valence-corrected chi connectivity index (χ2v) is 6.92. The summed E-state index contributed by atoms with van der Waals surface area (Å²) in [6, 6.07) is 18.1. The first-order valence-electron chi connectivity index (χ1n) is 7.80. The lowest BCUT2D eigenvalue weighted by molar-refractivity contribution is 0.412. The number of nitrogens with one attached hydrogen (secondary N) is 1. The Labute approximate surface area is 135 Å². The minimum absolute atomic E-state index is 0.611. The summed E-state index contributed by atoms with van der Waals surface area (Å²) in [5.41, 5.74) is 4.03. The van der Waals surface area contributed by atoms with Gasteiger partial charge in [-0.3, -0.25) is 0 Å². The van der Waals surface area contributed by atoms with Crippen molar-refractivity contribution >= 4 is 21.6 Å². The van der Waals surface area contributed by atoms with Crippen LogP contribution in [-0.4, -0.2) is 6.04 Å². The van der Waals surface area contributed by atoms with Crippen LogP contribution in [0.4, 0.5) is 5.69 Å². The molecule has 0 heterocycles. The number of halogens is 1. The molecule has 0 bridgehead atoms. The quantitative estimate of drug-likeness (QED) is 0.731. The number of rotatable bonds is 3. The first-order chi connectivity index (χ1) is 10.2. The molecule has 0 amide bonds. The van der Waals surface area contributed by atoms with Gasteiger partial charge < -0.3 is 5.32 Å². The molecule has 0 radical (unpaired) electrons. The lowest BCUT2D eigenvalue weighted by atomic mass is 9.82. The summed E-state index contributed by atoms with van der Waals surface area (Å²) in [6.07, 6.45) is 5.08. The largest absolute Gasteiger partial charge is 0.382 e. The van der Waals surface area contributed by atoms with Crippen molar-refractivity contribution in [2.75, 3.05) is 5.32 Å². The van der Waals surface area contributed by atoms with Crippen LogP contribution in [0.5, 0.6) is 0 Å². The molecule has 1 aliphatic rings. The first-order valence-corrected chi connectivity index (χ1v) is 8.59. The Balaban J connectivity index is 1.57. The topological polar surface area (TPSA) is 12.0 Å². The van der Waals surface area contributed by atoms with Gasteiger partial charge in [0, 0.05) is 16.2 Å². The molecule has 1 aliphatic carbocycles. The van der Waals surface area contributed by atoms with Gasteiger partial charge in [0.05, 0.1) is 0 Å². The second kappa shape index (κ2) is 6.65. The van der Waals surface area contributed by atoms with E-state index in [1.54, 1.807) is 0 Å². The molecule has 0 saturated heterocycles. The van der Waals surface area contributed by atoms with Crippen LogP contribution in [0.15, 0.2) is 53.0 Å². The van der Waals surface area contributed by atoms with E-state index in [0.29, 0.717) is 6.04 Å². The zero-order valence-electron chi connectivity index (χ0n) is 12.5. The van der Waals surface area contributed by atoms with Crippen LogP contribution in [0.2, 0.25) is 0 Å². The maximum Gasteiger partial charge on any atom is 0.0353 e. The number of hydrogen-bond acceptors (Lipinski definition) is 1. The molecule has 3 rings (SSSR count). The van der Waals surface area contributed by atoms with Crippen LogP contribution in [0.1, 0.15) is 42.7 Å². The highest BCUT2D eigenvalue weighted by Gasteiger charge is 2.22. The minimum Gasteiger partial charge on any atom is -0.382 e.